The molecule has 1 aliphatic carbocycles. The number of hydrogen-bond acceptors (Lipinski definition) is 2. The molecule has 0 atom stereocenters. The van der Waals surface area contributed by atoms with Crippen LogP contribution in [0, 0.1) is 0 Å². The molecule has 1 fully saturated rings. The number of halogens is 1. The fourth-order valence-corrected chi connectivity index (χ4v) is 2.14. The average molecular weight is 397 g/mol. The van der Waals surface area contributed by atoms with Crippen molar-refractivity contribution in [2.24, 2.45) is 10.7 Å². The summed E-state index contributed by atoms with van der Waals surface area (Å²) in [5.41, 5.74) is 7.03. The van der Waals surface area contributed by atoms with Crippen LogP contribution in [0.25, 0.3) is 11.3 Å². The molecule has 0 unspecified atom stereocenters. The van der Waals surface area contributed by atoms with E-state index in [-0.39, 0.29) is 24.0 Å². The Kier molecular flexibility index (Phi) is 5.27. The standard InChI is InChI=1S/C16H19N3O.HI/c1-19(13-7-8-13)16(17)18-11-14-9-10-15(20-14)12-5-3-2-4-6-12;/h2-6,9-10,13H,7-8,11H2,1H3,(H2,17,18);1H. The van der Waals surface area contributed by atoms with Crippen molar-refractivity contribution in [2.45, 2.75) is 25.4 Å². The summed E-state index contributed by atoms with van der Waals surface area (Å²) >= 11 is 0. The summed E-state index contributed by atoms with van der Waals surface area (Å²) in [6.07, 6.45) is 2.43. The number of guanidine groups is 1. The van der Waals surface area contributed by atoms with Gasteiger partial charge in [0.25, 0.3) is 0 Å². The molecule has 0 spiro atoms. The van der Waals surface area contributed by atoms with E-state index in [9.17, 15) is 0 Å². The lowest BCUT2D eigenvalue weighted by Gasteiger charge is -2.16. The number of rotatable bonds is 4. The minimum absolute atomic E-state index is 0. The molecule has 1 heterocycles. The van der Waals surface area contributed by atoms with E-state index in [0.29, 0.717) is 18.5 Å². The number of aliphatic imine (C=N–C) groups is 1. The van der Waals surface area contributed by atoms with Crippen LogP contribution in [-0.4, -0.2) is 23.9 Å². The van der Waals surface area contributed by atoms with Crippen molar-refractivity contribution in [3.63, 3.8) is 0 Å². The van der Waals surface area contributed by atoms with Crippen molar-refractivity contribution in [1.82, 2.24) is 4.90 Å². The molecule has 1 aliphatic rings. The van der Waals surface area contributed by atoms with Crippen LogP contribution in [0.5, 0.6) is 0 Å². The minimum atomic E-state index is 0. The van der Waals surface area contributed by atoms with E-state index in [4.69, 9.17) is 10.2 Å². The van der Waals surface area contributed by atoms with E-state index in [1.807, 2.05) is 54.4 Å². The van der Waals surface area contributed by atoms with E-state index in [0.717, 1.165) is 17.1 Å². The molecule has 3 rings (SSSR count). The molecule has 1 aromatic carbocycles. The summed E-state index contributed by atoms with van der Waals surface area (Å²) in [5.74, 6) is 2.28. The molecule has 0 amide bonds. The highest BCUT2D eigenvalue weighted by Crippen LogP contribution is 2.25. The third kappa shape index (κ3) is 4.00. The van der Waals surface area contributed by atoms with Gasteiger partial charge in [0.05, 0.1) is 0 Å². The SMILES string of the molecule is CN(C(N)=NCc1ccc(-c2ccccc2)o1)C1CC1.I. The normalized spacial score (nSPS) is 14.6. The van der Waals surface area contributed by atoms with Crippen molar-refractivity contribution in [3.05, 3.63) is 48.2 Å². The lowest BCUT2D eigenvalue weighted by Crippen LogP contribution is -2.35. The number of furan rings is 1. The number of nitrogens with two attached hydrogens (primary N) is 1. The predicted octanol–water partition coefficient (Wildman–Crippen LogP) is 3.47. The first kappa shape index (κ1) is 15.9. The highest BCUT2D eigenvalue weighted by molar-refractivity contribution is 14.0. The van der Waals surface area contributed by atoms with Gasteiger partial charge in [0.15, 0.2) is 5.96 Å². The first-order chi connectivity index (χ1) is 9.74. The summed E-state index contributed by atoms with van der Waals surface area (Å²) in [5, 5.41) is 0. The minimum Gasteiger partial charge on any atom is -0.459 e. The summed E-state index contributed by atoms with van der Waals surface area (Å²) in [6, 6.07) is 14.6. The van der Waals surface area contributed by atoms with E-state index < -0.39 is 0 Å². The first-order valence-electron chi connectivity index (χ1n) is 6.91. The monoisotopic (exact) mass is 397 g/mol. The van der Waals surface area contributed by atoms with Gasteiger partial charge in [0.2, 0.25) is 0 Å². The Labute approximate surface area is 142 Å². The maximum absolute atomic E-state index is 5.96. The van der Waals surface area contributed by atoms with E-state index >= 15 is 0 Å². The Bertz CT molecular complexity index is 605. The molecular formula is C16H20IN3O. The van der Waals surface area contributed by atoms with Gasteiger partial charge in [0.1, 0.15) is 18.1 Å². The second kappa shape index (κ2) is 6.98. The Morgan fingerprint density at radius 1 is 1.24 bits per heavy atom. The lowest BCUT2D eigenvalue weighted by atomic mass is 10.2. The third-order valence-electron chi connectivity index (χ3n) is 3.57. The van der Waals surface area contributed by atoms with Crippen LogP contribution in [-0.2, 0) is 6.54 Å². The van der Waals surface area contributed by atoms with Gasteiger partial charge in [-0.15, -0.1) is 24.0 Å². The highest BCUT2D eigenvalue weighted by Gasteiger charge is 2.27. The topological polar surface area (TPSA) is 54.8 Å². The molecule has 4 nitrogen and oxygen atoms in total. The van der Waals surface area contributed by atoms with Gasteiger partial charge >= 0.3 is 0 Å². The first-order valence-corrected chi connectivity index (χ1v) is 6.91. The second-order valence-electron chi connectivity index (χ2n) is 5.15. The third-order valence-corrected chi connectivity index (χ3v) is 3.57. The van der Waals surface area contributed by atoms with Crippen molar-refractivity contribution in [3.8, 4) is 11.3 Å². The summed E-state index contributed by atoms with van der Waals surface area (Å²) in [6.45, 7) is 0.482. The van der Waals surface area contributed by atoms with Gasteiger partial charge in [0, 0.05) is 18.7 Å². The Balaban J connectivity index is 0.00000161. The molecule has 112 valence electrons. The van der Waals surface area contributed by atoms with Crippen molar-refractivity contribution >= 4 is 29.9 Å². The Hall–Kier alpha value is -1.50. The van der Waals surface area contributed by atoms with E-state index in [1.54, 1.807) is 0 Å². The maximum Gasteiger partial charge on any atom is 0.191 e. The smallest absolute Gasteiger partial charge is 0.191 e. The molecule has 0 aliphatic heterocycles. The van der Waals surface area contributed by atoms with E-state index in [1.165, 1.54) is 12.8 Å². The molecule has 0 radical (unpaired) electrons. The van der Waals surface area contributed by atoms with Gasteiger partial charge in [-0.3, -0.25) is 0 Å². The molecule has 2 aromatic rings. The number of hydrogen-bond donors (Lipinski definition) is 1. The molecular weight excluding hydrogens is 377 g/mol. The van der Waals surface area contributed by atoms with Crippen LogP contribution in [0.1, 0.15) is 18.6 Å². The van der Waals surface area contributed by atoms with Gasteiger partial charge in [-0.25, -0.2) is 4.99 Å². The van der Waals surface area contributed by atoms with E-state index in [2.05, 4.69) is 4.99 Å². The van der Waals surface area contributed by atoms with Gasteiger partial charge < -0.3 is 15.1 Å². The van der Waals surface area contributed by atoms with Crippen LogP contribution in [0.15, 0.2) is 51.9 Å². The lowest BCUT2D eigenvalue weighted by molar-refractivity contribution is 0.481. The fraction of sp³-hybridized carbons (Fsp3) is 0.312. The van der Waals surface area contributed by atoms with Gasteiger partial charge in [-0.05, 0) is 25.0 Å². The van der Waals surface area contributed by atoms with Crippen LogP contribution >= 0.6 is 24.0 Å². The molecule has 1 aromatic heterocycles. The maximum atomic E-state index is 5.96. The quantitative estimate of drug-likeness (QED) is 0.488. The average Bonchev–Trinajstić information content (AvgIpc) is 3.23. The summed E-state index contributed by atoms with van der Waals surface area (Å²) in [4.78, 5) is 6.43. The zero-order chi connectivity index (χ0) is 13.9. The highest BCUT2D eigenvalue weighted by atomic mass is 127. The molecule has 1 saturated carbocycles. The Morgan fingerprint density at radius 2 is 1.95 bits per heavy atom. The molecule has 21 heavy (non-hydrogen) atoms. The number of nitrogens with zero attached hydrogens (tertiary/aromatic N) is 2. The van der Waals surface area contributed by atoms with Gasteiger partial charge in [-0.1, -0.05) is 30.3 Å². The van der Waals surface area contributed by atoms with Crippen LogP contribution < -0.4 is 5.73 Å². The van der Waals surface area contributed by atoms with Crippen molar-refractivity contribution in [2.75, 3.05) is 7.05 Å². The van der Waals surface area contributed by atoms with Crippen molar-refractivity contribution < 1.29 is 4.42 Å². The van der Waals surface area contributed by atoms with Gasteiger partial charge in [-0.2, -0.15) is 0 Å². The predicted molar refractivity (Wildman–Crippen MR) is 95.7 cm³/mol. The molecule has 2 N–H and O–H groups in total. The van der Waals surface area contributed by atoms with Crippen LogP contribution in [0.3, 0.4) is 0 Å². The second-order valence-corrected chi connectivity index (χ2v) is 5.15. The summed E-state index contributed by atoms with van der Waals surface area (Å²) < 4.78 is 5.79. The largest absolute Gasteiger partial charge is 0.459 e. The van der Waals surface area contributed by atoms with Crippen molar-refractivity contribution in [1.29, 1.82) is 0 Å². The molecule has 5 heteroatoms. The Morgan fingerprint density at radius 3 is 2.62 bits per heavy atom. The molecule has 0 saturated heterocycles. The zero-order valence-electron chi connectivity index (χ0n) is 12.0. The van der Waals surface area contributed by atoms with Crippen LogP contribution in [0.2, 0.25) is 0 Å². The number of benzene rings is 1. The van der Waals surface area contributed by atoms with Crippen LogP contribution in [0.4, 0.5) is 0 Å². The zero-order valence-corrected chi connectivity index (χ0v) is 14.4. The summed E-state index contributed by atoms with van der Waals surface area (Å²) in [7, 11) is 1.99. The fourth-order valence-electron chi connectivity index (χ4n) is 2.14. The molecule has 0 bridgehead atoms.